The minimum Gasteiger partial charge on any atom is -0.402 e. The first-order chi connectivity index (χ1) is 6.08. The molecule has 1 rings (SSSR count). The molecule has 0 spiro atoms. The van der Waals surface area contributed by atoms with Crippen LogP contribution in [0.15, 0.2) is 6.33 Å². The number of hydrogen-bond acceptors (Lipinski definition) is 5. The summed E-state index contributed by atoms with van der Waals surface area (Å²) in [6.45, 7) is -3.55. The monoisotopic (exact) mass is 192 g/mol. The smallest absolute Gasteiger partial charge is 0.389 e. The number of nitrogen functional groups attached to an aromatic ring is 1. The number of esters is 1. The molecule has 6 nitrogen and oxygen atoms in total. The summed E-state index contributed by atoms with van der Waals surface area (Å²) in [5.41, 5.74) is 5.11. The summed E-state index contributed by atoms with van der Waals surface area (Å²) in [5.74, 6) is -1.13. The number of alkyl halides is 2. The molecule has 1 aromatic rings. The normalized spacial score (nSPS) is 10.4. The van der Waals surface area contributed by atoms with E-state index in [0.717, 1.165) is 11.0 Å². The van der Waals surface area contributed by atoms with Crippen molar-refractivity contribution in [3.63, 3.8) is 0 Å². The fourth-order valence-electron chi connectivity index (χ4n) is 0.654. The number of halogens is 2. The van der Waals surface area contributed by atoms with Crippen molar-refractivity contribution in [3.05, 3.63) is 6.33 Å². The summed E-state index contributed by atoms with van der Waals surface area (Å²) in [5, 5.41) is 3.50. The Bertz CT molecular complexity index is 300. The zero-order valence-electron chi connectivity index (χ0n) is 6.35. The second-order valence-corrected chi connectivity index (χ2v) is 2.05. The third-order valence-corrected chi connectivity index (χ3v) is 1.07. The van der Waals surface area contributed by atoms with Gasteiger partial charge in [-0.1, -0.05) is 0 Å². The standard InChI is InChI=1S/C5H6F2N4O2/c6-4(7)13-3(12)1-11-2-9-5(8)10-11/h2,4H,1H2,(H2,8,10). The van der Waals surface area contributed by atoms with Gasteiger partial charge in [0, 0.05) is 0 Å². The minimum atomic E-state index is -3.12. The Labute approximate surface area is 71.3 Å². The maximum Gasteiger partial charge on any atom is 0.389 e. The second-order valence-electron chi connectivity index (χ2n) is 2.05. The van der Waals surface area contributed by atoms with Crippen molar-refractivity contribution in [2.45, 2.75) is 13.2 Å². The van der Waals surface area contributed by atoms with Gasteiger partial charge in [-0.3, -0.25) is 0 Å². The number of ether oxygens (including phenoxy) is 1. The van der Waals surface area contributed by atoms with Gasteiger partial charge in [0.05, 0.1) is 0 Å². The average molecular weight is 192 g/mol. The number of carbonyl (C=O) groups excluding carboxylic acids is 1. The fraction of sp³-hybridized carbons (Fsp3) is 0.400. The first-order valence-electron chi connectivity index (χ1n) is 3.20. The quantitative estimate of drug-likeness (QED) is 0.660. The highest BCUT2D eigenvalue weighted by Crippen LogP contribution is 1.97. The van der Waals surface area contributed by atoms with Gasteiger partial charge in [-0.2, -0.15) is 8.78 Å². The number of rotatable bonds is 3. The predicted octanol–water partition coefficient (Wildman–Crippen LogP) is -0.374. The van der Waals surface area contributed by atoms with Gasteiger partial charge in [0.15, 0.2) is 0 Å². The van der Waals surface area contributed by atoms with E-state index in [4.69, 9.17) is 5.73 Å². The molecule has 0 unspecified atom stereocenters. The lowest BCUT2D eigenvalue weighted by atomic mass is 10.7. The van der Waals surface area contributed by atoms with Crippen LogP contribution in [0, 0.1) is 0 Å². The van der Waals surface area contributed by atoms with Crippen molar-refractivity contribution in [1.82, 2.24) is 14.8 Å². The van der Waals surface area contributed by atoms with Gasteiger partial charge >= 0.3 is 12.6 Å². The minimum absolute atomic E-state index is 0.0372. The molecule has 0 saturated heterocycles. The Kier molecular flexibility index (Phi) is 2.72. The van der Waals surface area contributed by atoms with Crippen LogP contribution in [-0.4, -0.2) is 27.3 Å². The third kappa shape index (κ3) is 3.01. The lowest BCUT2D eigenvalue weighted by Crippen LogP contribution is -2.16. The van der Waals surface area contributed by atoms with E-state index < -0.39 is 19.1 Å². The van der Waals surface area contributed by atoms with E-state index in [0.29, 0.717) is 0 Å². The highest BCUT2D eigenvalue weighted by Gasteiger charge is 2.11. The summed E-state index contributed by atoms with van der Waals surface area (Å²) >= 11 is 0. The zero-order chi connectivity index (χ0) is 9.84. The second kappa shape index (κ2) is 3.78. The van der Waals surface area contributed by atoms with Crippen LogP contribution in [0.3, 0.4) is 0 Å². The maximum atomic E-state index is 11.5. The largest absolute Gasteiger partial charge is 0.402 e. The van der Waals surface area contributed by atoms with Crippen molar-refractivity contribution in [3.8, 4) is 0 Å². The van der Waals surface area contributed by atoms with Crippen molar-refractivity contribution in [1.29, 1.82) is 0 Å². The Morgan fingerprint density at radius 2 is 2.46 bits per heavy atom. The van der Waals surface area contributed by atoms with Gasteiger partial charge in [0.1, 0.15) is 12.9 Å². The van der Waals surface area contributed by atoms with Gasteiger partial charge < -0.3 is 10.5 Å². The molecule has 13 heavy (non-hydrogen) atoms. The van der Waals surface area contributed by atoms with Crippen molar-refractivity contribution in [2.24, 2.45) is 0 Å². The van der Waals surface area contributed by atoms with Crippen LogP contribution in [0.25, 0.3) is 0 Å². The van der Waals surface area contributed by atoms with Gasteiger partial charge in [-0.05, 0) is 0 Å². The summed E-state index contributed by atoms with van der Waals surface area (Å²) in [6, 6.07) is 0. The Balaban J connectivity index is 2.45. The van der Waals surface area contributed by atoms with Crippen LogP contribution in [0.1, 0.15) is 0 Å². The summed E-state index contributed by atoms with van der Waals surface area (Å²) in [4.78, 5) is 14.1. The molecular weight excluding hydrogens is 186 g/mol. The lowest BCUT2D eigenvalue weighted by Gasteiger charge is -2.01. The Morgan fingerprint density at radius 1 is 1.77 bits per heavy atom. The van der Waals surface area contributed by atoms with Gasteiger partial charge in [0.25, 0.3) is 0 Å². The zero-order valence-corrected chi connectivity index (χ0v) is 6.35. The van der Waals surface area contributed by atoms with Crippen LogP contribution >= 0.6 is 0 Å². The third-order valence-electron chi connectivity index (χ3n) is 1.07. The topological polar surface area (TPSA) is 83.0 Å². The van der Waals surface area contributed by atoms with Gasteiger partial charge in [0.2, 0.25) is 5.95 Å². The number of nitrogens with zero attached hydrogens (tertiary/aromatic N) is 3. The van der Waals surface area contributed by atoms with Crippen LogP contribution in [0.5, 0.6) is 0 Å². The molecule has 0 aliphatic carbocycles. The van der Waals surface area contributed by atoms with Crippen molar-refractivity contribution >= 4 is 11.9 Å². The molecule has 0 aromatic carbocycles. The molecule has 0 bridgehead atoms. The van der Waals surface area contributed by atoms with Gasteiger partial charge in [-0.25, -0.2) is 14.5 Å². The first kappa shape index (κ1) is 9.36. The van der Waals surface area contributed by atoms with Crippen molar-refractivity contribution in [2.75, 3.05) is 5.73 Å². The number of anilines is 1. The number of nitrogens with two attached hydrogens (primary N) is 1. The number of aromatic nitrogens is 3. The van der Waals surface area contributed by atoms with E-state index in [1.165, 1.54) is 0 Å². The van der Waals surface area contributed by atoms with E-state index >= 15 is 0 Å². The number of carbonyl (C=O) groups is 1. The van der Waals surface area contributed by atoms with E-state index in [-0.39, 0.29) is 5.95 Å². The molecule has 0 radical (unpaired) electrons. The molecule has 0 aliphatic rings. The average Bonchev–Trinajstić information content (AvgIpc) is 2.33. The van der Waals surface area contributed by atoms with Crippen molar-refractivity contribution < 1.29 is 18.3 Å². The first-order valence-corrected chi connectivity index (χ1v) is 3.20. The predicted molar refractivity (Wildman–Crippen MR) is 36.5 cm³/mol. The van der Waals surface area contributed by atoms with E-state index in [1.54, 1.807) is 0 Å². The molecule has 2 N–H and O–H groups in total. The van der Waals surface area contributed by atoms with Crippen LogP contribution < -0.4 is 5.73 Å². The van der Waals surface area contributed by atoms with E-state index in [1.807, 2.05) is 0 Å². The Hall–Kier alpha value is -1.73. The molecule has 72 valence electrons. The molecule has 1 heterocycles. The molecule has 8 heteroatoms. The maximum absolute atomic E-state index is 11.5. The van der Waals surface area contributed by atoms with Crippen LogP contribution in [0.2, 0.25) is 0 Å². The van der Waals surface area contributed by atoms with Crippen LogP contribution in [0.4, 0.5) is 14.7 Å². The molecule has 0 fully saturated rings. The summed E-state index contributed by atoms with van der Waals surface area (Å²) < 4.78 is 27.5. The molecule has 0 amide bonds. The molecule has 0 atom stereocenters. The lowest BCUT2D eigenvalue weighted by molar-refractivity contribution is -0.177. The molecule has 1 aromatic heterocycles. The van der Waals surface area contributed by atoms with Gasteiger partial charge in [-0.15, -0.1) is 5.10 Å². The molecular formula is C5H6F2N4O2. The van der Waals surface area contributed by atoms with E-state index in [9.17, 15) is 13.6 Å². The fourth-order valence-corrected chi connectivity index (χ4v) is 0.654. The molecule has 0 saturated carbocycles. The highest BCUT2D eigenvalue weighted by atomic mass is 19.3. The summed E-state index contributed by atoms with van der Waals surface area (Å²) in [6.07, 6.45) is 1.14. The summed E-state index contributed by atoms with van der Waals surface area (Å²) in [7, 11) is 0. The highest BCUT2D eigenvalue weighted by molar-refractivity contribution is 5.69. The van der Waals surface area contributed by atoms with E-state index in [2.05, 4.69) is 14.8 Å². The molecule has 0 aliphatic heterocycles. The Morgan fingerprint density at radius 3 is 2.92 bits per heavy atom. The number of hydrogen-bond donors (Lipinski definition) is 1. The SMILES string of the molecule is Nc1ncn(CC(=O)OC(F)F)n1. The van der Waals surface area contributed by atoms with Crippen LogP contribution in [-0.2, 0) is 16.1 Å².